The molecule has 0 saturated carbocycles. The number of hydrazine groups is 1. The van der Waals surface area contributed by atoms with Crippen LogP contribution in [0.15, 0.2) is 12.4 Å². The van der Waals surface area contributed by atoms with Crippen molar-refractivity contribution in [3.63, 3.8) is 0 Å². The summed E-state index contributed by atoms with van der Waals surface area (Å²) in [5, 5.41) is 0. The molecule has 0 saturated heterocycles. The van der Waals surface area contributed by atoms with Crippen LogP contribution in [0.5, 0.6) is 0 Å². The molecule has 1 aromatic rings. The molecular weight excluding hydrogens is 238 g/mol. The molecule has 110 valence electrons. The Morgan fingerprint density at radius 2 is 2.16 bits per heavy atom. The SMILES string of the molecule is CCCn1ccnc1CC(NN)C(C)(CC)N(C)C. The van der Waals surface area contributed by atoms with E-state index in [0.717, 1.165) is 31.6 Å². The van der Waals surface area contributed by atoms with Crippen molar-refractivity contribution in [2.45, 2.75) is 58.2 Å². The van der Waals surface area contributed by atoms with Gasteiger partial charge in [-0.25, -0.2) is 4.98 Å². The normalized spacial score (nSPS) is 16.6. The summed E-state index contributed by atoms with van der Waals surface area (Å²) in [5.41, 5.74) is 3.00. The highest BCUT2D eigenvalue weighted by Crippen LogP contribution is 2.23. The second-order valence-corrected chi connectivity index (χ2v) is 5.57. The Kier molecular flexibility index (Phi) is 5.97. The highest BCUT2D eigenvalue weighted by molar-refractivity contribution is 5.02. The van der Waals surface area contributed by atoms with Gasteiger partial charge in [-0.15, -0.1) is 0 Å². The highest BCUT2D eigenvalue weighted by atomic mass is 15.3. The largest absolute Gasteiger partial charge is 0.335 e. The number of hydrogen-bond acceptors (Lipinski definition) is 4. The van der Waals surface area contributed by atoms with Crippen molar-refractivity contribution >= 4 is 0 Å². The van der Waals surface area contributed by atoms with Crippen molar-refractivity contribution in [2.24, 2.45) is 5.84 Å². The third-order valence-corrected chi connectivity index (χ3v) is 4.34. The Balaban J connectivity index is 2.89. The molecule has 2 atom stereocenters. The van der Waals surface area contributed by atoms with Crippen LogP contribution < -0.4 is 11.3 Å². The molecule has 19 heavy (non-hydrogen) atoms. The molecule has 0 fully saturated rings. The first-order valence-corrected chi connectivity index (χ1v) is 7.13. The van der Waals surface area contributed by atoms with Gasteiger partial charge in [-0.05, 0) is 33.9 Å². The van der Waals surface area contributed by atoms with E-state index in [-0.39, 0.29) is 11.6 Å². The minimum absolute atomic E-state index is 0.0117. The molecule has 1 aromatic heterocycles. The van der Waals surface area contributed by atoms with E-state index in [9.17, 15) is 0 Å². The van der Waals surface area contributed by atoms with Gasteiger partial charge in [0.15, 0.2) is 0 Å². The van der Waals surface area contributed by atoms with Crippen molar-refractivity contribution in [3.05, 3.63) is 18.2 Å². The van der Waals surface area contributed by atoms with E-state index in [1.807, 2.05) is 12.4 Å². The highest BCUT2D eigenvalue weighted by Gasteiger charge is 2.34. The fourth-order valence-corrected chi connectivity index (χ4v) is 2.49. The summed E-state index contributed by atoms with van der Waals surface area (Å²) in [6.45, 7) is 7.63. The number of nitrogens with two attached hydrogens (primary N) is 1. The number of aromatic nitrogens is 2. The molecule has 0 spiro atoms. The Bertz CT molecular complexity index is 374. The number of hydrogen-bond donors (Lipinski definition) is 2. The number of nitrogens with zero attached hydrogens (tertiary/aromatic N) is 3. The molecule has 0 aliphatic carbocycles. The van der Waals surface area contributed by atoms with Crippen molar-refractivity contribution < 1.29 is 0 Å². The average molecular weight is 267 g/mol. The van der Waals surface area contributed by atoms with E-state index in [4.69, 9.17) is 5.84 Å². The first-order valence-electron chi connectivity index (χ1n) is 7.13. The molecule has 5 heteroatoms. The van der Waals surface area contributed by atoms with Crippen molar-refractivity contribution in [3.8, 4) is 0 Å². The lowest BCUT2D eigenvalue weighted by Gasteiger charge is -2.42. The number of aryl methyl sites for hydroxylation is 1. The first kappa shape index (κ1) is 16.1. The lowest BCUT2D eigenvalue weighted by Crippen LogP contribution is -2.59. The third-order valence-electron chi connectivity index (χ3n) is 4.34. The minimum Gasteiger partial charge on any atom is -0.335 e. The minimum atomic E-state index is 0.0117. The smallest absolute Gasteiger partial charge is 0.110 e. The molecular formula is C14H29N5. The zero-order chi connectivity index (χ0) is 14.5. The summed E-state index contributed by atoms with van der Waals surface area (Å²) in [6, 6.07) is 0.172. The van der Waals surface area contributed by atoms with E-state index in [2.05, 4.69) is 54.7 Å². The van der Waals surface area contributed by atoms with E-state index in [1.165, 1.54) is 0 Å². The monoisotopic (exact) mass is 267 g/mol. The molecule has 1 rings (SSSR count). The Hall–Kier alpha value is -0.910. The molecule has 0 amide bonds. The predicted octanol–water partition coefficient (Wildman–Crippen LogP) is 1.40. The third kappa shape index (κ3) is 3.55. The molecule has 0 radical (unpaired) electrons. The standard InChI is InChI=1S/C14H29N5/c1-6-9-19-10-8-16-13(19)11-12(17-15)14(3,7-2)18(4)5/h8,10,12,17H,6-7,9,11,15H2,1-5H3. The van der Waals surface area contributed by atoms with Crippen LogP contribution in [0.4, 0.5) is 0 Å². The lowest BCUT2D eigenvalue weighted by atomic mass is 9.86. The van der Waals surface area contributed by atoms with Gasteiger partial charge < -0.3 is 9.47 Å². The molecule has 2 unspecified atom stereocenters. The van der Waals surface area contributed by atoms with Crippen molar-refractivity contribution in [1.29, 1.82) is 0 Å². The number of rotatable bonds is 8. The van der Waals surface area contributed by atoms with Crippen LogP contribution in [0.3, 0.4) is 0 Å². The Labute approximate surface area is 117 Å². The summed E-state index contributed by atoms with van der Waals surface area (Å²) in [5.74, 6) is 6.90. The number of imidazole rings is 1. The summed E-state index contributed by atoms with van der Waals surface area (Å²) in [4.78, 5) is 6.72. The number of likely N-dealkylation sites (N-methyl/N-ethyl adjacent to an activating group) is 1. The van der Waals surface area contributed by atoms with Crippen LogP contribution in [-0.2, 0) is 13.0 Å². The van der Waals surface area contributed by atoms with Crippen LogP contribution in [0, 0.1) is 0 Å². The van der Waals surface area contributed by atoms with Crippen LogP contribution in [-0.4, -0.2) is 40.1 Å². The van der Waals surface area contributed by atoms with Crippen LogP contribution in [0.25, 0.3) is 0 Å². The van der Waals surface area contributed by atoms with Gasteiger partial charge in [0.1, 0.15) is 5.82 Å². The van der Waals surface area contributed by atoms with E-state index in [1.54, 1.807) is 0 Å². The Morgan fingerprint density at radius 3 is 2.63 bits per heavy atom. The number of nitrogens with one attached hydrogen (secondary N) is 1. The van der Waals surface area contributed by atoms with Gasteiger partial charge in [0.2, 0.25) is 0 Å². The second kappa shape index (κ2) is 7.03. The van der Waals surface area contributed by atoms with Crippen LogP contribution in [0.2, 0.25) is 0 Å². The molecule has 5 nitrogen and oxygen atoms in total. The summed E-state index contributed by atoms with van der Waals surface area (Å²) < 4.78 is 2.22. The van der Waals surface area contributed by atoms with Gasteiger partial charge >= 0.3 is 0 Å². The van der Waals surface area contributed by atoms with Gasteiger partial charge in [-0.2, -0.15) is 0 Å². The van der Waals surface area contributed by atoms with E-state index >= 15 is 0 Å². The maximum atomic E-state index is 5.80. The Morgan fingerprint density at radius 1 is 1.47 bits per heavy atom. The quantitative estimate of drug-likeness (QED) is 0.552. The zero-order valence-corrected chi connectivity index (χ0v) is 13.0. The fourth-order valence-electron chi connectivity index (χ4n) is 2.49. The molecule has 1 heterocycles. The maximum absolute atomic E-state index is 5.80. The van der Waals surface area contributed by atoms with Gasteiger partial charge in [-0.1, -0.05) is 13.8 Å². The first-order chi connectivity index (χ1) is 8.99. The summed E-state index contributed by atoms with van der Waals surface area (Å²) >= 11 is 0. The summed E-state index contributed by atoms with van der Waals surface area (Å²) in [7, 11) is 4.21. The molecule has 0 aliphatic rings. The predicted molar refractivity (Wildman–Crippen MR) is 79.7 cm³/mol. The van der Waals surface area contributed by atoms with E-state index < -0.39 is 0 Å². The van der Waals surface area contributed by atoms with Gasteiger partial charge in [0.05, 0.1) is 0 Å². The average Bonchev–Trinajstić information content (AvgIpc) is 2.82. The van der Waals surface area contributed by atoms with Crippen molar-refractivity contribution in [1.82, 2.24) is 19.9 Å². The van der Waals surface area contributed by atoms with E-state index in [0.29, 0.717) is 0 Å². The molecule has 0 bridgehead atoms. The molecule has 3 N–H and O–H groups in total. The second-order valence-electron chi connectivity index (χ2n) is 5.57. The molecule has 0 aromatic carbocycles. The lowest BCUT2D eigenvalue weighted by molar-refractivity contribution is 0.111. The van der Waals surface area contributed by atoms with Crippen molar-refractivity contribution in [2.75, 3.05) is 14.1 Å². The van der Waals surface area contributed by atoms with Gasteiger partial charge in [0.25, 0.3) is 0 Å². The maximum Gasteiger partial charge on any atom is 0.110 e. The fraction of sp³-hybridized carbons (Fsp3) is 0.786. The topological polar surface area (TPSA) is 59.1 Å². The molecule has 0 aliphatic heterocycles. The zero-order valence-electron chi connectivity index (χ0n) is 13.0. The van der Waals surface area contributed by atoms with Gasteiger partial charge in [0, 0.05) is 36.9 Å². The van der Waals surface area contributed by atoms with Crippen LogP contribution >= 0.6 is 0 Å². The summed E-state index contributed by atoms with van der Waals surface area (Å²) in [6.07, 6.45) is 6.90. The van der Waals surface area contributed by atoms with Crippen LogP contribution in [0.1, 0.15) is 39.4 Å². The van der Waals surface area contributed by atoms with Gasteiger partial charge in [-0.3, -0.25) is 11.3 Å².